The summed E-state index contributed by atoms with van der Waals surface area (Å²) in [4.78, 5) is 4.29. The minimum atomic E-state index is -0.869. The molecule has 0 amide bonds. The number of aryl methyl sites for hydroxylation is 5. The summed E-state index contributed by atoms with van der Waals surface area (Å²) in [6.45, 7) is 7.83. The lowest BCUT2D eigenvalue weighted by Crippen LogP contribution is -2.30. The maximum atomic E-state index is 11.0. The molecule has 1 unspecified atom stereocenters. The van der Waals surface area contributed by atoms with Crippen molar-refractivity contribution in [3.63, 3.8) is 0 Å². The Kier molecular flexibility index (Phi) is 3.81. The topological polar surface area (TPSA) is 73.7 Å². The second-order valence-electron chi connectivity index (χ2n) is 6.00. The third-order valence-electron chi connectivity index (χ3n) is 4.00. The van der Waals surface area contributed by atoms with Crippen LogP contribution in [0.1, 0.15) is 40.9 Å². The van der Waals surface area contributed by atoms with Gasteiger partial charge in [0, 0.05) is 30.8 Å². The molecule has 3 aromatic heterocycles. The third kappa shape index (κ3) is 2.68. The number of aromatic nitrogens is 6. The van der Waals surface area contributed by atoms with Crippen LogP contribution in [0.25, 0.3) is 0 Å². The van der Waals surface area contributed by atoms with Gasteiger partial charge in [-0.3, -0.25) is 0 Å². The van der Waals surface area contributed by atoms with Crippen molar-refractivity contribution in [1.82, 2.24) is 29.1 Å². The Hall–Kier alpha value is -2.41. The first-order chi connectivity index (χ1) is 10.9. The summed E-state index contributed by atoms with van der Waals surface area (Å²) in [6, 6.07) is 3.98. The van der Waals surface area contributed by atoms with Crippen molar-refractivity contribution in [3.05, 3.63) is 53.1 Å². The highest BCUT2D eigenvalue weighted by Crippen LogP contribution is 2.28. The lowest BCUT2D eigenvalue weighted by Gasteiger charge is -2.26. The number of nitrogens with zero attached hydrogens (tertiary/aromatic N) is 6. The van der Waals surface area contributed by atoms with E-state index >= 15 is 0 Å². The fourth-order valence-corrected chi connectivity index (χ4v) is 2.99. The van der Waals surface area contributed by atoms with Gasteiger partial charge in [0.2, 0.25) is 0 Å². The molecule has 1 N–H and O–H groups in total. The van der Waals surface area contributed by atoms with Crippen LogP contribution in [0.5, 0.6) is 0 Å². The van der Waals surface area contributed by atoms with Crippen LogP contribution in [0.15, 0.2) is 24.5 Å². The van der Waals surface area contributed by atoms with E-state index in [4.69, 9.17) is 0 Å². The van der Waals surface area contributed by atoms with Crippen LogP contribution in [0.2, 0.25) is 0 Å². The minimum Gasteiger partial charge on any atom is -0.381 e. The van der Waals surface area contributed by atoms with Crippen LogP contribution >= 0.6 is 0 Å². The summed E-state index contributed by atoms with van der Waals surface area (Å²) in [7, 11) is 1.87. The molecule has 23 heavy (non-hydrogen) atoms. The molecule has 0 spiro atoms. The molecule has 3 rings (SSSR count). The second kappa shape index (κ2) is 5.66. The van der Waals surface area contributed by atoms with Gasteiger partial charge >= 0.3 is 0 Å². The largest absolute Gasteiger partial charge is 0.381 e. The summed E-state index contributed by atoms with van der Waals surface area (Å²) in [5.74, 6) is 0.579. The zero-order chi connectivity index (χ0) is 16.7. The molecule has 7 nitrogen and oxygen atoms in total. The minimum absolute atomic E-state index is 0.488. The first-order valence-corrected chi connectivity index (χ1v) is 7.59. The van der Waals surface area contributed by atoms with Crippen molar-refractivity contribution in [2.45, 2.75) is 40.0 Å². The van der Waals surface area contributed by atoms with Gasteiger partial charge in [0.1, 0.15) is 5.82 Å². The highest BCUT2D eigenvalue weighted by Gasteiger charge is 2.31. The summed E-state index contributed by atoms with van der Waals surface area (Å²) in [5.41, 5.74) is 3.74. The van der Waals surface area contributed by atoms with Gasteiger partial charge in [-0.2, -0.15) is 10.2 Å². The molecule has 0 bridgehead atoms. The van der Waals surface area contributed by atoms with E-state index in [0.717, 1.165) is 22.8 Å². The number of rotatable bonds is 4. The Labute approximate surface area is 135 Å². The van der Waals surface area contributed by atoms with Crippen molar-refractivity contribution in [3.8, 4) is 0 Å². The van der Waals surface area contributed by atoms with Crippen molar-refractivity contribution < 1.29 is 5.11 Å². The Bertz CT molecular complexity index is 781. The lowest BCUT2D eigenvalue weighted by molar-refractivity contribution is 0.0700. The van der Waals surface area contributed by atoms with Gasteiger partial charge in [0.15, 0.2) is 12.3 Å². The van der Waals surface area contributed by atoms with Crippen molar-refractivity contribution in [1.29, 1.82) is 0 Å². The first kappa shape index (κ1) is 15.5. The van der Waals surface area contributed by atoms with Gasteiger partial charge in [0.25, 0.3) is 0 Å². The molecule has 7 heteroatoms. The van der Waals surface area contributed by atoms with E-state index in [1.807, 2.05) is 67.0 Å². The SMILES string of the molecule is Cc1cc(C)n(C(C(O)c2nccn2C)n2nc(C)cc2C)n1. The fraction of sp³-hybridized carbons (Fsp3) is 0.438. The smallest absolute Gasteiger partial charge is 0.176 e. The number of imidazole rings is 1. The van der Waals surface area contributed by atoms with Crippen LogP contribution in [0.3, 0.4) is 0 Å². The normalized spacial score (nSPS) is 13.0. The van der Waals surface area contributed by atoms with Gasteiger partial charge in [-0.1, -0.05) is 0 Å². The van der Waals surface area contributed by atoms with Gasteiger partial charge < -0.3 is 9.67 Å². The number of hydrogen-bond donors (Lipinski definition) is 1. The van der Waals surface area contributed by atoms with Crippen molar-refractivity contribution in [2.24, 2.45) is 7.05 Å². The molecular weight excluding hydrogens is 292 g/mol. The lowest BCUT2D eigenvalue weighted by atomic mass is 10.2. The maximum Gasteiger partial charge on any atom is 0.176 e. The average Bonchev–Trinajstić information content (AvgIpc) is 3.12. The highest BCUT2D eigenvalue weighted by molar-refractivity contribution is 5.13. The molecule has 0 saturated heterocycles. The predicted molar refractivity (Wildman–Crippen MR) is 86.0 cm³/mol. The molecule has 1 atom stereocenters. The van der Waals surface area contributed by atoms with E-state index in [1.54, 1.807) is 6.20 Å². The van der Waals surface area contributed by atoms with Crippen molar-refractivity contribution in [2.75, 3.05) is 0 Å². The predicted octanol–water partition coefficient (Wildman–Crippen LogP) is 1.83. The van der Waals surface area contributed by atoms with Gasteiger partial charge in [-0.05, 0) is 39.8 Å². The van der Waals surface area contributed by atoms with Crippen molar-refractivity contribution >= 4 is 0 Å². The van der Waals surface area contributed by atoms with E-state index in [2.05, 4.69) is 15.2 Å². The molecule has 3 heterocycles. The summed E-state index contributed by atoms with van der Waals surface area (Å²) in [5, 5.41) is 20.1. The van der Waals surface area contributed by atoms with Crippen LogP contribution in [-0.4, -0.2) is 34.2 Å². The van der Waals surface area contributed by atoms with Gasteiger partial charge in [0.05, 0.1) is 11.4 Å². The molecule has 0 aromatic carbocycles. The molecule has 0 saturated carbocycles. The zero-order valence-corrected chi connectivity index (χ0v) is 14.1. The zero-order valence-electron chi connectivity index (χ0n) is 14.1. The molecule has 0 aliphatic heterocycles. The van der Waals surface area contributed by atoms with Crippen LogP contribution in [0, 0.1) is 27.7 Å². The Balaban J connectivity index is 2.16. The van der Waals surface area contributed by atoms with E-state index < -0.39 is 12.3 Å². The molecule has 0 aliphatic carbocycles. The fourth-order valence-electron chi connectivity index (χ4n) is 2.99. The van der Waals surface area contributed by atoms with Gasteiger partial charge in [-0.25, -0.2) is 14.3 Å². The van der Waals surface area contributed by atoms with Gasteiger partial charge in [-0.15, -0.1) is 0 Å². The van der Waals surface area contributed by atoms with E-state index in [0.29, 0.717) is 5.82 Å². The quantitative estimate of drug-likeness (QED) is 0.797. The standard InChI is InChI=1S/C16H22N6O/c1-10-8-12(3)21(18-10)16(22-13(4)9-11(2)19-22)14(23)15-17-6-7-20(15)5/h6-9,14,16,23H,1-5H3. The molecule has 3 aromatic rings. The van der Waals surface area contributed by atoms with Crippen LogP contribution in [-0.2, 0) is 7.05 Å². The Morgan fingerprint density at radius 1 is 0.957 bits per heavy atom. The molecular formula is C16H22N6O. The molecule has 122 valence electrons. The Morgan fingerprint density at radius 3 is 1.83 bits per heavy atom. The molecule has 0 fully saturated rings. The number of aliphatic hydroxyl groups is 1. The summed E-state index contributed by atoms with van der Waals surface area (Å²) < 4.78 is 5.44. The maximum absolute atomic E-state index is 11.0. The van der Waals surface area contributed by atoms with E-state index in [9.17, 15) is 5.11 Å². The first-order valence-electron chi connectivity index (χ1n) is 7.59. The summed E-state index contributed by atoms with van der Waals surface area (Å²) >= 11 is 0. The third-order valence-corrected chi connectivity index (χ3v) is 4.00. The van der Waals surface area contributed by atoms with E-state index in [-0.39, 0.29) is 0 Å². The highest BCUT2D eigenvalue weighted by atomic mass is 16.3. The average molecular weight is 314 g/mol. The van der Waals surface area contributed by atoms with Crippen LogP contribution in [0.4, 0.5) is 0 Å². The number of hydrogen-bond acceptors (Lipinski definition) is 4. The Morgan fingerprint density at radius 2 is 1.48 bits per heavy atom. The number of aliphatic hydroxyl groups excluding tert-OH is 1. The monoisotopic (exact) mass is 314 g/mol. The molecule has 0 radical (unpaired) electrons. The summed E-state index contributed by atoms with van der Waals surface area (Å²) in [6.07, 6.45) is 2.14. The van der Waals surface area contributed by atoms with E-state index in [1.165, 1.54) is 0 Å². The molecule has 0 aliphatic rings. The van der Waals surface area contributed by atoms with Crippen LogP contribution < -0.4 is 0 Å². The second-order valence-corrected chi connectivity index (χ2v) is 6.00.